The standard InChI is InChI=1S/C16H19ClN2/c1-3-19(14-6-4-5-12(2)9-14)11-13-7-8-15(17)16(18)10-13/h4-10H,3,11,18H2,1-2H3. The van der Waals surface area contributed by atoms with Crippen molar-refractivity contribution >= 4 is 23.0 Å². The SMILES string of the molecule is CCN(Cc1ccc(Cl)c(N)c1)c1cccc(C)c1. The Hall–Kier alpha value is -1.67. The molecule has 2 rings (SSSR count). The van der Waals surface area contributed by atoms with Crippen LogP contribution < -0.4 is 10.6 Å². The molecule has 0 saturated carbocycles. The highest BCUT2D eigenvalue weighted by atomic mass is 35.5. The Morgan fingerprint density at radius 1 is 1.16 bits per heavy atom. The number of halogens is 1. The van der Waals surface area contributed by atoms with E-state index in [0.29, 0.717) is 10.7 Å². The maximum absolute atomic E-state index is 5.95. The van der Waals surface area contributed by atoms with Gasteiger partial charge in [-0.25, -0.2) is 0 Å². The lowest BCUT2D eigenvalue weighted by atomic mass is 10.1. The van der Waals surface area contributed by atoms with Gasteiger partial charge in [0.1, 0.15) is 0 Å². The molecule has 2 aromatic carbocycles. The van der Waals surface area contributed by atoms with E-state index in [1.165, 1.54) is 16.8 Å². The summed E-state index contributed by atoms with van der Waals surface area (Å²) < 4.78 is 0. The van der Waals surface area contributed by atoms with Crippen LogP contribution >= 0.6 is 11.6 Å². The van der Waals surface area contributed by atoms with Crippen LogP contribution in [0, 0.1) is 6.92 Å². The summed E-state index contributed by atoms with van der Waals surface area (Å²) in [6, 6.07) is 14.4. The van der Waals surface area contributed by atoms with E-state index in [2.05, 4.69) is 43.0 Å². The molecule has 0 amide bonds. The van der Waals surface area contributed by atoms with Crippen LogP contribution in [0.15, 0.2) is 42.5 Å². The monoisotopic (exact) mass is 274 g/mol. The van der Waals surface area contributed by atoms with Crippen molar-refractivity contribution in [1.82, 2.24) is 0 Å². The molecule has 3 heteroatoms. The molecule has 0 radical (unpaired) electrons. The average Bonchev–Trinajstić information content (AvgIpc) is 2.40. The molecule has 2 aromatic rings. The van der Waals surface area contributed by atoms with Gasteiger partial charge in [0.15, 0.2) is 0 Å². The lowest BCUT2D eigenvalue weighted by Gasteiger charge is -2.24. The van der Waals surface area contributed by atoms with Crippen molar-refractivity contribution in [2.45, 2.75) is 20.4 Å². The third kappa shape index (κ3) is 3.42. The molecule has 2 nitrogen and oxygen atoms in total. The molecule has 0 spiro atoms. The van der Waals surface area contributed by atoms with Crippen molar-refractivity contribution < 1.29 is 0 Å². The molecule has 0 aromatic heterocycles. The van der Waals surface area contributed by atoms with Gasteiger partial charge in [0.05, 0.1) is 10.7 Å². The molecule has 0 saturated heterocycles. The van der Waals surface area contributed by atoms with Crippen molar-refractivity contribution in [3.05, 3.63) is 58.6 Å². The maximum atomic E-state index is 5.95. The van der Waals surface area contributed by atoms with Gasteiger partial charge in [-0.15, -0.1) is 0 Å². The number of benzene rings is 2. The molecule has 2 N–H and O–H groups in total. The van der Waals surface area contributed by atoms with Gasteiger partial charge >= 0.3 is 0 Å². The summed E-state index contributed by atoms with van der Waals surface area (Å²) >= 11 is 5.95. The van der Waals surface area contributed by atoms with Crippen LogP contribution in [0.5, 0.6) is 0 Å². The fourth-order valence-electron chi connectivity index (χ4n) is 2.12. The first-order valence-corrected chi connectivity index (χ1v) is 6.83. The summed E-state index contributed by atoms with van der Waals surface area (Å²) in [5.41, 5.74) is 10.2. The summed E-state index contributed by atoms with van der Waals surface area (Å²) in [5.74, 6) is 0. The summed E-state index contributed by atoms with van der Waals surface area (Å²) in [5, 5.41) is 0.613. The first-order valence-electron chi connectivity index (χ1n) is 6.45. The molecular formula is C16H19ClN2. The minimum absolute atomic E-state index is 0.613. The van der Waals surface area contributed by atoms with E-state index in [0.717, 1.165) is 13.1 Å². The zero-order valence-electron chi connectivity index (χ0n) is 11.4. The predicted molar refractivity (Wildman–Crippen MR) is 83.8 cm³/mol. The van der Waals surface area contributed by atoms with Gasteiger partial charge in [-0.3, -0.25) is 0 Å². The molecule has 0 fully saturated rings. The number of nitrogens with zero attached hydrogens (tertiary/aromatic N) is 1. The molecule has 0 unspecified atom stereocenters. The fraction of sp³-hybridized carbons (Fsp3) is 0.250. The fourth-order valence-corrected chi connectivity index (χ4v) is 2.24. The molecule has 0 bridgehead atoms. The van der Waals surface area contributed by atoms with Crippen molar-refractivity contribution in [2.75, 3.05) is 17.2 Å². The van der Waals surface area contributed by atoms with Gasteiger partial charge < -0.3 is 10.6 Å². The van der Waals surface area contributed by atoms with Crippen molar-refractivity contribution in [3.63, 3.8) is 0 Å². The van der Waals surface area contributed by atoms with Gasteiger partial charge in [-0.1, -0.05) is 29.8 Å². The molecule has 0 aliphatic rings. The van der Waals surface area contributed by atoms with Gasteiger partial charge in [0, 0.05) is 18.8 Å². The molecular weight excluding hydrogens is 256 g/mol. The van der Waals surface area contributed by atoms with Gasteiger partial charge in [0.25, 0.3) is 0 Å². The van der Waals surface area contributed by atoms with Crippen LogP contribution in [0.2, 0.25) is 5.02 Å². The number of nitrogen functional groups attached to an aromatic ring is 1. The van der Waals surface area contributed by atoms with E-state index in [-0.39, 0.29) is 0 Å². The quantitative estimate of drug-likeness (QED) is 0.844. The Labute approximate surface area is 119 Å². The highest BCUT2D eigenvalue weighted by Gasteiger charge is 2.06. The molecule has 0 aliphatic carbocycles. The van der Waals surface area contributed by atoms with E-state index >= 15 is 0 Å². The third-order valence-corrected chi connectivity index (χ3v) is 3.53. The number of aryl methyl sites for hydroxylation is 1. The van der Waals surface area contributed by atoms with E-state index in [9.17, 15) is 0 Å². The normalized spacial score (nSPS) is 10.5. The Morgan fingerprint density at radius 3 is 2.58 bits per heavy atom. The minimum atomic E-state index is 0.613. The first-order chi connectivity index (χ1) is 9.10. The highest BCUT2D eigenvalue weighted by Crippen LogP contribution is 2.23. The molecule has 0 atom stereocenters. The van der Waals surface area contributed by atoms with Gasteiger partial charge in [-0.05, 0) is 49.2 Å². The number of nitrogens with two attached hydrogens (primary N) is 1. The summed E-state index contributed by atoms with van der Waals surface area (Å²) in [6.07, 6.45) is 0. The third-order valence-electron chi connectivity index (χ3n) is 3.18. The van der Waals surface area contributed by atoms with Crippen molar-refractivity contribution in [3.8, 4) is 0 Å². The van der Waals surface area contributed by atoms with Crippen LogP contribution in [0.25, 0.3) is 0 Å². The molecule has 0 heterocycles. The number of hydrogen-bond acceptors (Lipinski definition) is 2. The zero-order chi connectivity index (χ0) is 13.8. The second-order valence-electron chi connectivity index (χ2n) is 4.71. The lowest BCUT2D eigenvalue weighted by molar-refractivity contribution is 0.831. The van der Waals surface area contributed by atoms with Crippen LogP contribution in [-0.2, 0) is 6.54 Å². The Balaban J connectivity index is 2.21. The van der Waals surface area contributed by atoms with Gasteiger partial charge in [0.2, 0.25) is 0 Å². The summed E-state index contributed by atoms with van der Waals surface area (Å²) in [6.45, 7) is 6.05. The predicted octanol–water partition coefficient (Wildman–Crippen LogP) is 4.26. The van der Waals surface area contributed by atoms with Gasteiger partial charge in [-0.2, -0.15) is 0 Å². The van der Waals surface area contributed by atoms with E-state index in [1.807, 2.05) is 18.2 Å². The average molecular weight is 275 g/mol. The Morgan fingerprint density at radius 2 is 1.95 bits per heavy atom. The molecule has 100 valence electrons. The summed E-state index contributed by atoms with van der Waals surface area (Å²) in [4.78, 5) is 2.32. The number of anilines is 2. The van der Waals surface area contributed by atoms with E-state index in [4.69, 9.17) is 17.3 Å². The topological polar surface area (TPSA) is 29.3 Å². The zero-order valence-corrected chi connectivity index (χ0v) is 12.1. The Bertz CT molecular complexity index is 566. The van der Waals surface area contributed by atoms with Crippen LogP contribution in [0.3, 0.4) is 0 Å². The maximum Gasteiger partial charge on any atom is 0.0635 e. The first kappa shape index (κ1) is 13.8. The smallest absolute Gasteiger partial charge is 0.0635 e. The second kappa shape index (κ2) is 5.98. The Kier molecular flexibility index (Phi) is 4.33. The van der Waals surface area contributed by atoms with Crippen molar-refractivity contribution in [2.24, 2.45) is 0 Å². The van der Waals surface area contributed by atoms with E-state index in [1.54, 1.807) is 0 Å². The lowest BCUT2D eigenvalue weighted by Crippen LogP contribution is -2.22. The summed E-state index contributed by atoms with van der Waals surface area (Å²) in [7, 11) is 0. The number of rotatable bonds is 4. The van der Waals surface area contributed by atoms with Crippen LogP contribution in [0.4, 0.5) is 11.4 Å². The second-order valence-corrected chi connectivity index (χ2v) is 5.12. The molecule has 0 aliphatic heterocycles. The highest BCUT2D eigenvalue weighted by molar-refractivity contribution is 6.33. The molecule has 19 heavy (non-hydrogen) atoms. The van der Waals surface area contributed by atoms with E-state index < -0.39 is 0 Å². The largest absolute Gasteiger partial charge is 0.398 e. The van der Waals surface area contributed by atoms with Crippen LogP contribution in [-0.4, -0.2) is 6.54 Å². The number of hydrogen-bond donors (Lipinski definition) is 1. The van der Waals surface area contributed by atoms with Crippen molar-refractivity contribution in [1.29, 1.82) is 0 Å². The minimum Gasteiger partial charge on any atom is -0.398 e. The van der Waals surface area contributed by atoms with Crippen LogP contribution in [0.1, 0.15) is 18.1 Å².